The van der Waals surface area contributed by atoms with E-state index in [1.165, 1.54) is 13.0 Å². The van der Waals surface area contributed by atoms with Crippen LogP contribution in [0, 0.1) is 0 Å². The van der Waals surface area contributed by atoms with E-state index >= 15 is 0 Å². The summed E-state index contributed by atoms with van der Waals surface area (Å²) in [5.41, 5.74) is 0. The minimum Gasteiger partial charge on any atom is -0.418 e. The summed E-state index contributed by atoms with van der Waals surface area (Å²) in [5, 5.41) is 0. The maximum Gasteiger partial charge on any atom is 1.00 e. The molecule has 0 saturated carbocycles. The highest BCUT2D eigenvalue weighted by Gasteiger charge is 2.20. The first-order valence-corrected chi connectivity index (χ1v) is 4.79. The van der Waals surface area contributed by atoms with Gasteiger partial charge in [0.15, 0.2) is 0 Å². The molecule has 7 heteroatoms. The predicted molar refractivity (Wildman–Crippen MR) is 54.7 cm³/mol. The second kappa shape index (κ2) is 5.87. The van der Waals surface area contributed by atoms with Crippen LogP contribution in [0.15, 0.2) is 12.4 Å². The zero-order chi connectivity index (χ0) is 12.1. The molecule has 1 heterocycles. The van der Waals surface area contributed by atoms with Crippen LogP contribution in [0.1, 0.15) is 21.7 Å². The van der Waals surface area contributed by atoms with Gasteiger partial charge in [-0.3, -0.25) is 0 Å². The summed E-state index contributed by atoms with van der Waals surface area (Å²) in [7, 11) is -3.89. The molecular weight excluding hydrogens is 211 g/mol. The molecule has 0 aliphatic carbocycles. The predicted octanol–water partition coefficient (Wildman–Crippen LogP) is 2.87. The molecule has 1 aliphatic heterocycles. The third-order valence-electron chi connectivity index (χ3n) is 2.04. The second-order valence-corrected chi connectivity index (χ2v) is 3.33. The largest absolute Gasteiger partial charge is 1.00 e. The molecular formula is C8H17BF4N2. The Morgan fingerprint density at radius 2 is 1.73 bits per heavy atom. The molecule has 0 bridgehead atoms. The molecule has 0 aromatic heterocycles. The van der Waals surface area contributed by atoms with Gasteiger partial charge in [-0.1, -0.05) is 6.92 Å². The first kappa shape index (κ1) is 14.1. The molecule has 2 nitrogen and oxygen atoms in total. The number of nitrogens with zero attached hydrogens (tertiary/aromatic N) is 2. The van der Waals surface area contributed by atoms with Crippen LogP contribution in [0.5, 0.6) is 0 Å². The first-order valence-electron chi connectivity index (χ1n) is 4.79. The molecule has 0 aromatic carbocycles. The Hall–Kier alpha value is -0.875. The topological polar surface area (TPSA) is 6.48 Å². The molecule has 1 rings (SSSR count). The average molecular weight is 228 g/mol. The standard InChI is InChI=1S/C8H16N2.BF4/c1-4-5-10-7-6-9(3)8(10)2;2-1(3,4)5/h6-8H,4-5H2,1-3H3;/q;-1/p+1. The van der Waals surface area contributed by atoms with E-state index in [0.29, 0.717) is 6.17 Å². The zero-order valence-corrected chi connectivity index (χ0v) is 9.13. The Balaban J connectivity index is 0. The van der Waals surface area contributed by atoms with Crippen molar-refractivity contribution < 1.29 is 18.7 Å². The molecule has 90 valence electrons. The summed E-state index contributed by atoms with van der Waals surface area (Å²) in [4.78, 5) is 4.57. The number of rotatable bonds is 2. The minimum atomic E-state index is -6.00. The van der Waals surface area contributed by atoms with E-state index in [2.05, 4.69) is 43.1 Å². The van der Waals surface area contributed by atoms with E-state index in [9.17, 15) is 17.3 Å². The lowest BCUT2D eigenvalue weighted by Gasteiger charge is -2.26. The highest BCUT2D eigenvalue weighted by Crippen LogP contribution is 2.12. The molecule has 0 saturated heterocycles. The van der Waals surface area contributed by atoms with Crippen molar-refractivity contribution in [1.82, 2.24) is 9.80 Å². The van der Waals surface area contributed by atoms with Gasteiger partial charge in [0.1, 0.15) is 0 Å². The van der Waals surface area contributed by atoms with Crippen molar-refractivity contribution in [3.8, 4) is 0 Å². The van der Waals surface area contributed by atoms with Gasteiger partial charge in [0.2, 0.25) is 0 Å². The van der Waals surface area contributed by atoms with E-state index in [1.54, 1.807) is 0 Å². The van der Waals surface area contributed by atoms with Gasteiger partial charge in [-0.2, -0.15) is 0 Å². The minimum absolute atomic E-state index is 0. The summed E-state index contributed by atoms with van der Waals surface area (Å²) in [6, 6.07) is 0. The average Bonchev–Trinajstić information content (AvgIpc) is 2.34. The Kier molecular flexibility index (Phi) is 5.53. The molecule has 0 amide bonds. The fourth-order valence-electron chi connectivity index (χ4n) is 1.19. The van der Waals surface area contributed by atoms with Gasteiger partial charge >= 0.3 is 8.68 Å². The van der Waals surface area contributed by atoms with Gasteiger partial charge < -0.3 is 27.1 Å². The molecule has 0 radical (unpaired) electrons. The van der Waals surface area contributed by atoms with Crippen LogP contribution in [0.2, 0.25) is 0 Å². The van der Waals surface area contributed by atoms with Crippen LogP contribution in [0.4, 0.5) is 17.3 Å². The van der Waals surface area contributed by atoms with Crippen LogP contribution < -0.4 is 0 Å². The maximum absolute atomic E-state index is 9.75. The van der Waals surface area contributed by atoms with E-state index < -0.39 is 7.25 Å². The molecule has 1 atom stereocenters. The zero-order valence-electron chi connectivity index (χ0n) is 10.1. The van der Waals surface area contributed by atoms with Gasteiger partial charge in [0.25, 0.3) is 0 Å². The summed E-state index contributed by atoms with van der Waals surface area (Å²) < 4.78 is 39.0. The molecule has 1 unspecified atom stereocenters. The van der Waals surface area contributed by atoms with E-state index in [0.717, 1.165) is 0 Å². The van der Waals surface area contributed by atoms with Crippen molar-refractivity contribution >= 4 is 7.25 Å². The van der Waals surface area contributed by atoms with Crippen molar-refractivity contribution in [3.05, 3.63) is 12.4 Å². The number of halogens is 4. The van der Waals surface area contributed by atoms with Crippen LogP contribution in [0.25, 0.3) is 0 Å². The highest BCUT2D eigenvalue weighted by atomic mass is 19.5. The number of hydrogen-bond acceptors (Lipinski definition) is 2. The quantitative estimate of drug-likeness (QED) is 0.529. The lowest BCUT2D eigenvalue weighted by Crippen LogP contribution is -2.33. The Bertz CT molecular complexity index is 207. The fraction of sp³-hybridized carbons (Fsp3) is 0.750. The van der Waals surface area contributed by atoms with Crippen LogP contribution in [0.3, 0.4) is 0 Å². The SMILES string of the molecule is CCCN1C=CN(C)C1C.F[B-](F)(F)F.[H+]. The maximum atomic E-state index is 9.75. The van der Waals surface area contributed by atoms with Gasteiger partial charge in [0.05, 0.1) is 6.17 Å². The Morgan fingerprint density at radius 1 is 1.27 bits per heavy atom. The van der Waals surface area contributed by atoms with Crippen LogP contribution in [-0.4, -0.2) is 36.8 Å². The lowest BCUT2D eigenvalue weighted by molar-refractivity contribution is 0.195. The van der Waals surface area contributed by atoms with Gasteiger partial charge in [-0.05, 0) is 13.3 Å². The van der Waals surface area contributed by atoms with Crippen molar-refractivity contribution in [2.24, 2.45) is 0 Å². The van der Waals surface area contributed by atoms with Gasteiger partial charge in [-0.15, -0.1) is 0 Å². The molecule has 0 N–H and O–H groups in total. The summed E-state index contributed by atoms with van der Waals surface area (Å²) >= 11 is 0. The Morgan fingerprint density at radius 3 is 2.00 bits per heavy atom. The first-order chi connectivity index (χ1) is 6.75. The number of hydrogen-bond donors (Lipinski definition) is 0. The normalized spacial score (nSPS) is 20.3. The van der Waals surface area contributed by atoms with Crippen molar-refractivity contribution in [2.45, 2.75) is 26.4 Å². The monoisotopic (exact) mass is 228 g/mol. The van der Waals surface area contributed by atoms with Crippen LogP contribution >= 0.6 is 0 Å². The van der Waals surface area contributed by atoms with E-state index in [-0.39, 0.29) is 1.43 Å². The third kappa shape index (κ3) is 7.10. The molecule has 15 heavy (non-hydrogen) atoms. The summed E-state index contributed by atoms with van der Waals surface area (Å²) in [6.07, 6.45) is 6.07. The van der Waals surface area contributed by atoms with Gasteiger partial charge in [-0.25, -0.2) is 0 Å². The molecule has 0 fully saturated rings. The Labute approximate surface area is 89.1 Å². The second-order valence-electron chi connectivity index (χ2n) is 3.33. The van der Waals surface area contributed by atoms with Crippen molar-refractivity contribution in [3.63, 3.8) is 0 Å². The summed E-state index contributed by atoms with van der Waals surface area (Å²) in [5.74, 6) is 0. The molecule has 1 aliphatic rings. The van der Waals surface area contributed by atoms with Crippen LogP contribution in [-0.2, 0) is 0 Å². The molecule has 0 aromatic rings. The third-order valence-corrected chi connectivity index (χ3v) is 2.04. The smallest absolute Gasteiger partial charge is 0.418 e. The van der Waals surface area contributed by atoms with E-state index in [4.69, 9.17) is 0 Å². The van der Waals surface area contributed by atoms with E-state index in [1.807, 2.05) is 0 Å². The highest BCUT2D eigenvalue weighted by molar-refractivity contribution is 6.50. The summed E-state index contributed by atoms with van der Waals surface area (Å²) in [6.45, 7) is 5.59. The van der Waals surface area contributed by atoms with Crippen molar-refractivity contribution in [1.29, 1.82) is 0 Å². The fourth-order valence-corrected chi connectivity index (χ4v) is 1.19. The lowest BCUT2D eigenvalue weighted by atomic mass is 10.3. The van der Waals surface area contributed by atoms with Crippen molar-refractivity contribution in [2.75, 3.05) is 13.6 Å². The van der Waals surface area contributed by atoms with Gasteiger partial charge in [0, 0.05) is 26.0 Å². The molecule has 0 spiro atoms.